The zero-order valence-corrected chi connectivity index (χ0v) is 6.94. The lowest BCUT2D eigenvalue weighted by Gasteiger charge is -2.04. The molecule has 1 atom stereocenters. The van der Waals surface area contributed by atoms with Gasteiger partial charge in [-0.05, 0) is 6.42 Å². The molecule has 64 valence electrons. The summed E-state index contributed by atoms with van der Waals surface area (Å²) in [6.07, 6.45) is 0.991. The monoisotopic (exact) mass is 179 g/mol. The molecule has 1 rings (SSSR count). The molecule has 11 heavy (non-hydrogen) atoms. The molecule has 0 aromatic carbocycles. The van der Waals surface area contributed by atoms with Crippen molar-refractivity contribution in [2.24, 2.45) is 0 Å². The molecule has 4 nitrogen and oxygen atoms in total. The van der Waals surface area contributed by atoms with Gasteiger partial charge >= 0.3 is 5.97 Å². The van der Waals surface area contributed by atoms with Crippen LogP contribution in [0.5, 0.6) is 0 Å². The summed E-state index contributed by atoms with van der Waals surface area (Å²) >= 11 is 0. The standard InChI is InChI=1S/C6H9NO3.ClH/c1-10-6(9)4-2-3-5(8)7-4;/h4H,2-3H2,1H3,(H,7,8);1H/t4-;/m1./s1. The summed E-state index contributed by atoms with van der Waals surface area (Å²) in [6.45, 7) is 0. The summed E-state index contributed by atoms with van der Waals surface area (Å²) in [5.74, 6) is -0.429. The van der Waals surface area contributed by atoms with Crippen LogP contribution in [0.2, 0.25) is 0 Å². The third kappa shape index (κ3) is 2.38. The van der Waals surface area contributed by atoms with E-state index in [1.54, 1.807) is 0 Å². The lowest BCUT2D eigenvalue weighted by atomic mass is 10.2. The normalized spacial score (nSPS) is 21.9. The maximum atomic E-state index is 10.7. The van der Waals surface area contributed by atoms with Crippen molar-refractivity contribution in [2.45, 2.75) is 18.9 Å². The molecule has 0 aromatic rings. The third-order valence-corrected chi connectivity index (χ3v) is 1.48. The van der Waals surface area contributed by atoms with E-state index < -0.39 is 6.04 Å². The van der Waals surface area contributed by atoms with Gasteiger partial charge < -0.3 is 10.1 Å². The van der Waals surface area contributed by atoms with Crippen LogP contribution in [0.1, 0.15) is 12.8 Å². The van der Waals surface area contributed by atoms with Crippen molar-refractivity contribution in [3.05, 3.63) is 0 Å². The average molecular weight is 180 g/mol. The minimum absolute atomic E-state index is 0. The predicted octanol–water partition coefficient (Wildman–Crippen LogP) is -0.140. The zero-order chi connectivity index (χ0) is 7.56. The highest BCUT2D eigenvalue weighted by atomic mass is 35.5. The summed E-state index contributed by atoms with van der Waals surface area (Å²) in [6, 6.07) is -0.405. The van der Waals surface area contributed by atoms with Crippen LogP contribution in [0.3, 0.4) is 0 Å². The SMILES string of the molecule is COC(=O)[C@H]1CCC(=O)N1.Cl. The Morgan fingerprint density at radius 2 is 2.36 bits per heavy atom. The summed E-state index contributed by atoms with van der Waals surface area (Å²) in [7, 11) is 1.31. The number of nitrogens with one attached hydrogen (secondary N) is 1. The van der Waals surface area contributed by atoms with E-state index in [0.717, 1.165) is 0 Å². The van der Waals surface area contributed by atoms with Gasteiger partial charge in [0.2, 0.25) is 5.91 Å². The van der Waals surface area contributed by atoms with Crippen molar-refractivity contribution in [1.29, 1.82) is 0 Å². The fraction of sp³-hybridized carbons (Fsp3) is 0.667. The molecule has 0 unspecified atom stereocenters. The lowest BCUT2D eigenvalue weighted by Crippen LogP contribution is -2.33. The van der Waals surface area contributed by atoms with Crippen molar-refractivity contribution in [3.8, 4) is 0 Å². The van der Waals surface area contributed by atoms with E-state index in [2.05, 4.69) is 10.1 Å². The Labute approximate surface area is 70.7 Å². The highest BCUT2D eigenvalue weighted by molar-refractivity contribution is 5.87. The van der Waals surface area contributed by atoms with E-state index in [4.69, 9.17) is 0 Å². The molecule has 0 spiro atoms. The summed E-state index contributed by atoms with van der Waals surface area (Å²) in [5.41, 5.74) is 0. The number of carbonyl (C=O) groups is 2. The van der Waals surface area contributed by atoms with Crippen LogP contribution in [0.25, 0.3) is 0 Å². The number of ether oxygens (including phenoxy) is 1. The second kappa shape index (κ2) is 4.18. The van der Waals surface area contributed by atoms with Crippen LogP contribution in [-0.4, -0.2) is 25.0 Å². The Balaban J connectivity index is 0.000001000. The van der Waals surface area contributed by atoms with E-state index >= 15 is 0 Å². The van der Waals surface area contributed by atoms with Crippen LogP contribution in [0.15, 0.2) is 0 Å². The minimum Gasteiger partial charge on any atom is -0.467 e. The zero-order valence-electron chi connectivity index (χ0n) is 6.12. The second-order valence-corrected chi connectivity index (χ2v) is 2.18. The Hall–Kier alpha value is -0.770. The van der Waals surface area contributed by atoms with Gasteiger partial charge in [0.05, 0.1) is 7.11 Å². The largest absolute Gasteiger partial charge is 0.467 e. The maximum Gasteiger partial charge on any atom is 0.328 e. The molecule has 1 saturated heterocycles. The molecule has 0 saturated carbocycles. The average Bonchev–Trinajstić information content (AvgIpc) is 2.34. The van der Waals surface area contributed by atoms with Crippen molar-refractivity contribution >= 4 is 24.3 Å². The van der Waals surface area contributed by atoms with Crippen LogP contribution >= 0.6 is 12.4 Å². The first-order valence-electron chi connectivity index (χ1n) is 3.11. The van der Waals surface area contributed by atoms with Gasteiger partial charge in [0.15, 0.2) is 0 Å². The van der Waals surface area contributed by atoms with Crippen LogP contribution in [-0.2, 0) is 14.3 Å². The first-order chi connectivity index (χ1) is 4.74. The molecule has 1 aliphatic heterocycles. The number of halogens is 1. The molecule has 1 N–H and O–H groups in total. The summed E-state index contributed by atoms with van der Waals surface area (Å²) < 4.78 is 4.43. The van der Waals surface area contributed by atoms with Crippen LogP contribution in [0.4, 0.5) is 0 Å². The molecule has 1 aliphatic rings. The maximum absolute atomic E-state index is 10.7. The molecule has 0 radical (unpaired) electrons. The topological polar surface area (TPSA) is 55.4 Å². The fourth-order valence-electron chi connectivity index (χ4n) is 0.933. The molecule has 1 amide bonds. The fourth-order valence-corrected chi connectivity index (χ4v) is 0.933. The Bertz CT molecular complexity index is 171. The van der Waals surface area contributed by atoms with Crippen LogP contribution in [0, 0.1) is 0 Å². The Morgan fingerprint density at radius 3 is 2.73 bits per heavy atom. The molecule has 5 heteroatoms. The summed E-state index contributed by atoms with van der Waals surface area (Å²) in [5, 5.41) is 2.49. The van der Waals surface area contributed by atoms with E-state index in [9.17, 15) is 9.59 Å². The van der Waals surface area contributed by atoms with Crippen molar-refractivity contribution in [1.82, 2.24) is 5.32 Å². The third-order valence-electron chi connectivity index (χ3n) is 1.48. The number of methoxy groups -OCH3 is 1. The van der Waals surface area contributed by atoms with E-state index in [-0.39, 0.29) is 24.3 Å². The lowest BCUT2D eigenvalue weighted by molar-refractivity contribution is -0.143. The molecule has 0 bridgehead atoms. The second-order valence-electron chi connectivity index (χ2n) is 2.18. The number of amides is 1. The highest BCUT2D eigenvalue weighted by Crippen LogP contribution is 2.06. The molecular weight excluding hydrogens is 170 g/mol. The molecule has 0 aliphatic carbocycles. The molecule has 1 fully saturated rings. The van der Waals surface area contributed by atoms with Gasteiger partial charge in [0.25, 0.3) is 0 Å². The number of carbonyl (C=O) groups excluding carboxylic acids is 2. The van der Waals surface area contributed by atoms with Gasteiger partial charge in [-0.25, -0.2) is 4.79 Å². The van der Waals surface area contributed by atoms with Gasteiger partial charge in [-0.2, -0.15) is 0 Å². The highest BCUT2D eigenvalue weighted by Gasteiger charge is 2.27. The minimum atomic E-state index is -0.405. The van der Waals surface area contributed by atoms with Gasteiger partial charge in [0, 0.05) is 6.42 Å². The van der Waals surface area contributed by atoms with Gasteiger partial charge in [0.1, 0.15) is 6.04 Å². The van der Waals surface area contributed by atoms with Crippen molar-refractivity contribution in [3.63, 3.8) is 0 Å². The molecule has 1 heterocycles. The number of esters is 1. The van der Waals surface area contributed by atoms with E-state index in [0.29, 0.717) is 12.8 Å². The number of hydrogen-bond acceptors (Lipinski definition) is 3. The Kier molecular flexibility index (Phi) is 3.89. The smallest absolute Gasteiger partial charge is 0.328 e. The number of rotatable bonds is 1. The quantitative estimate of drug-likeness (QED) is 0.570. The first-order valence-corrected chi connectivity index (χ1v) is 3.11. The van der Waals surface area contributed by atoms with Crippen molar-refractivity contribution in [2.75, 3.05) is 7.11 Å². The Morgan fingerprint density at radius 1 is 1.73 bits per heavy atom. The van der Waals surface area contributed by atoms with E-state index in [1.165, 1.54) is 7.11 Å². The van der Waals surface area contributed by atoms with E-state index in [1.807, 2.05) is 0 Å². The van der Waals surface area contributed by atoms with Crippen molar-refractivity contribution < 1.29 is 14.3 Å². The van der Waals surface area contributed by atoms with Gasteiger partial charge in [-0.15, -0.1) is 12.4 Å². The van der Waals surface area contributed by atoms with Gasteiger partial charge in [-0.3, -0.25) is 4.79 Å². The van der Waals surface area contributed by atoms with Gasteiger partial charge in [-0.1, -0.05) is 0 Å². The van der Waals surface area contributed by atoms with Crippen LogP contribution < -0.4 is 5.32 Å². The number of hydrogen-bond donors (Lipinski definition) is 1. The predicted molar refractivity (Wildman–Crippen MR) is 40.4 cm³/mol. The molecular formula is C6H10ClNO3. The molecule has 0 aromatic heterocycles. The first kappa shape index (κ1) is 10.2. The summed E-state index contributed by atoms with van der Waals surface area (Å²) in [4.78, 5) is 21.3.